The molecule has 1 aromatic carbocycles. The molecule has 1 aliphatic rings. The Labute approximate surface area is 123 Å². The van der Waals surface area contributed by atoms with Crippen molar-refractivity contribution in [2.24, 2.45) is 0 Å². The van der Waals surface area contributed by atoms with Gasteiger partial charge in [-0.1, -0.05) is 11.6 Å². The topological polar surface area (TPSA) is 61.8 Å². The maximum Gasteiger partial charge on any atom is 0.238 e. The lowest BCUT2D eigenvalue weighted by atomic mass is 10.2. The Morgan fingerprint density at radius 1 is 1.60 bits per heavy atom. The molecule has 0 radical (unpaired) electrons. The van der Waals surface area contributed by atoms with Crippen LogP contribution in [0.3, 0.4) is 0 Å². The second kappa shape index (κ2) is 7.04. The fourth-order valence-electron chi connectivity index (χ4n) is 2.19. The summed E-state index contributed by atoms with van der Waals surface area (Å²) in [4.78, 5) is 14.0. The van der Waals surface area contributed by atoms with Crippen molar-refractivity contribution in [3.8, 4) is 0 Å². The van der Waals surface area contributed by atoms with Gasteiger partial charge in [-0.3, -0.25) is 9.69 Å². The van der Waals surface area contributed by atoms with Gasteiger partial charge in [-0.25, -0.2) is 0 Å². The van der Waals surface area contributed by atoms with E-state index in [0.29, 0.717) is 31.3 Å². The van der Waals surface area contributed by atoms with Gasteiger partial charge in [0.25, 0.3) is 0 Å². The summed E-state index contributed by atoms with van der Waals surface area (Å²) in [7, 11) is 0. The van der Waals surface area contributed by atoms with Gasteiger partial charge in [0, 0.05) is 23.8 Å². The molecule has 1 aliphatic heterocycles. The van der Waals surface area contributed by atoms with Crippen LogP contribution in [0.25, 0.3) is 0 Å². The van der Waals surface area contributed by atoms with Gasteiger partial charge >= 0.3 is 0 Å². The third kappa shape index (κ3) is 4.18. The van der Waals surface area contributed by atoms with Crippen LogP contribution in [-0.4, -0.2) is 54.9 Å². The Bertz CT molecular complexity index is 481. The summed E-state index contributed by atoms with van der Waals surface area (Å²) < 4.78 is 5.35. The Balaban J connectivity index is 1.88. The fraction of sp³-hybridized carbons (Fsp3) is 0.500. The predicted octanol–water partition coefficient (Wildman–Crippen LogP) is 1.28. The first-order valence-corrected chi connectivity index (χ1v) is 6.97. The molecule has 0 bridgehead atoms. The van der Waals surface area contributed by atoms with E-state index in [1.54, 1.807) is 12.1 Å². The number of nitrogens with zero attached hydrogens (tertiary/aromatic N) is 1. The number of nitrogens with one attached hydrogen (secondary N) is 1. The van der Waals surface area contributed by atoms with E-state index >= 15 is 0 Å². The Morgan fingerprint density at radius 2 is 2.40 bits per heavy atom. The lowest BCUT2D eigenvalue weighted by Gasteiger charge is -2.31. The highest BCUT2D eigenvalue weighted by Gasteiger charge is 2.21. The van der Waals surface area contributed by atoms with Gasteiger partial charge in [-0.15, -0.1) is 0 Å². The highest BCUT2D eigenvalue weighted by atomic mass is 35.5. The number of aliphatic hydroxyl groups is 1. The van der Waals surface area contributed by atoms with Crippen molar-refractivity contribution < 1.29 is 14.6 Å². The number of halogens is 1. The molecule has 0 spiro atoms. The lowest BCUT2D eigenvalue weighted by molar-refractivity contribution is -0.120. The second-order valence-electron chi connectivity index (χ2n) is 4.92. The van der Waals surface area contributed by atoms with E-state index in [1.807, 2.05) is 17.9 Å². The number of carbonyl (C=O) groups excluding carboxylic acids is 1. The Kier molecular flexibility index (Phi) is 5.37. The number of aliphatic hydroxyl groups excluding tert-OH is 1. The number of carbonyl (C=O) groups is 1. The zero-order valence-electron chi connectivity index (χ0n) is 11.4. The first-order valence-electron chi connectivity index (χ1n) is 6.59. The molecule has 5 nitrogen and oxygen atoms in total. The smallest absolute Gasteiger partial charge is 0.238 e. The van der Waals surface area contributed by atoms with Crippen LogP contribution >= 0.6 is 11.6 Å². The summed E-state index contributed by atoms with van der Waals surface area (Å²) in [6.45, 7) is 3.99. The molecule has 20 heavy (non-hydrogen) atoms. The van der Waals surface area contributed by atoms with Crippen LogP contribution in [0.15, 0.2) is 18.2 Å². The van der Waals surface area contributed by atoms with Crippen molar-refractivity contribution in [2.75, 3.05) is 38.2 Å². The van der Waals surface area contributed by atoms with E-state index in [2.05, 4.69) is 5.32 Å². The van der Waals surface area contributed by atoms with Crippen molar-refractivity contribution in [2.45, 2.75) is 13.0 Å². The summed E-state index contributed by atoms with van der Waals surface area (Å²) in [5.74, 6) is -0.0750. The Hall–Kier alpha value is -1.14. The van der Waals surface area contributed by atoms with Crippen molar-refractivity contribution in [1.29, 1.82) is 0 Å². The molecule has 1 atom stereocenters. The average Bonchev–Trinajstić information content (AvgIpc) is 2.42. The largest absolute Gasteiger partial charge is 0.394 e. The molecule has 0 aliphatic carbocycles. The third-order valence-corrected chi connectivity index (χ3v) is 3.49. The molecule has 1 unspecified atom stereocenters. The summed E-state index contributed by atoms with van der Waals surface area (Å²) >= 11 is 5.88. The van der Waals surface area contributed by atoms with Crippen LogP contribution in [0.4, 0.5) is 5.69 Å². The normalized spacial score (nSPS) is 19.9. The van der Waals surface area contributed by atoms with Crippen LogP contribution in [0.1, 0.15) is 5.56 Å². The number of rotatable bonds is 4. The molecule has 1 fully saturated rings. The minimum absolute atomic E-state index is 0.0194. The number of benzene rings is 1. The van der Waals surface area contributed by atoms with E-state index in [1.165, 1.54) is 0 Å². The molecule has 110 valence electrons. The molecule has 6 heteroatoms. The SMILES string of the molecule is Cc1cc(Cl)ccc1NC(=O)CN1CCOC(CO)C1. The van der Waals surface area contributed by atoms with Gasteiger partial charge in [0.1, 0.15) is 0 Å². The third-order valence-electron chi connectivity index (χ3n) is 3.26. The molecular formula is C14H19ClN2O3. The molecule has 1 amide bonds. The van der Waals surface area contributed by atoms with E-state index in [-0.39, 0.29) is 18.6 Å². The van der Waals surface area contributed by atoms with Crippen molar-refractivity contribution >= 4 is 23.2 Å². The maximum atomic E-state index is 12.0. The van der Waals surface area contributed by atoms with Gasteiger partial charge in [-0.05, 0) is 30.7 Å². The van der Waals surface area contributed by atoms with E-state index in [0.717, 1.165) is 11.3 Å². The summed E-state index contributed by atoms with van der Waals surface area (Å²) in [5.41, 5.74) is 1.70. The predicted molar refractivity (Wildman–Crippen MR) is 78.1 cm³/mol. The number of morpholine rings is 1. The van der Waals surface area contributed by atoms with Crippen molar-refractivity contribution in [3.05, 3.63) is 28.8 Å². The van der Waals surface area contributed by atoms with Gasteiger partial charge in [0.2, 0.25) is 5.91 Å². The number of hydrogen-bond acceptors (Lipinski definition) is 4. The minimum Gasteiger partial charge on any atom is -0.394 e. The standard InChI is InChI=1S/C14H19ClN2O3/c1-10-6-11(15)2-3-13(10)16-14(19)8-17-4-5-20-12(7-17)9-18/h2-3,6,12,18H,4-5,7-9H2,1H3,(H,16,19). The molecular weight excluding hydrogens is 280 g/mol. The number of ether oxygens (including phenoxy) is 1. The van der Waals surface area contributed by atoms with Crippen LogP contribution in [-0.2, 0) is 9.53 Å². The fourth-order valence-corrected chi connectivity index (χ4v) is 2.42. The van der Waals surface area contributed by atoms with Crippen LogP contribution in [0.2, 0.25) is 5.02 Å². The molecule has 2 N–H and O–H groups in total. The molecule has 0 saturated carbocycles. The van der Waals surface area contributed by atoms with Gasteiger partial charge in [-0.2, -0.15) is 0 Å². The molecule has 0 aromatic heterocycles. The van der Waals surface area contributed by atoms with E-state index in [9.17, 15) is 4.79 Å². The maximum absolute atomic E-state index is 12.0. The van der Waals surface area contributed by atoms with Crippen LogP contribution < -0.4 is 5.32 Å². The van der Waals surface area contributed by atoms with Gasteiger partial charge in [0.05, 0.1) is 25.9 Å². The number of hydrogen-bond donors (Lipinski definition) is 2. The second-order valence-corrected chi connectivity index (χ2v) is 5.35. The average molecular weight is 299 g/mol. The molecule has 1 aromatic rings. The monoisotopic (exact) mass is 298 g/mol. The van der Waals surface area contributed by atoms with Crippen molar-refractivity contribution in [1.82, 2.24) is 4.90 Å². The molecule has 1 heterocycles. The highest BCUT2D eigenvalue weighted by Crippen LogP contribution is 2.19. The summed E-state index contributed by atoms with van der Waals surface area (Å²) in [6.07, 6.45) is -0.200. The van der Waals surface area contributed by atoms with E-state index < -0.39 is 0 Å². The highest BCUT2D eigenvalue weighted by molar-refractivity contribution is 6.30. The lowest BCUT2D eigenvalue weighted by Crippen LogP contribution is -2.46. The van der Waals surface area contributed by atoms with Gasteiger partial charge < -0.3 is 15.2 Å². The number of amides is 1. The van der Waals surface area contributed by atoms with E-state index in [4.69, 9.17) is 21.4 Å². The molecule has 1 saturated heterocycles. The number of anilines is 1. The minimum atomic E-state index is -0.200. The quantitative estimate of drug-likeness (QED) is 0.879. The summed E-state index contributed by atoms with van der Waals surface area (Å²) in [6, 6.07) is 5.36. The zero-order chi connectivity index (χ0) is 14.5. The van der Waals surface area contributed by atoms with Gasteiger partial charge in [0.15, 0.2) is 0 Å². The Morgan fingerprint density at radius 3 is 3.10 bits per heavy atom. The van der Waals surface area contributed by atoms with Crippen LogP contribution in [0, 0.1) is 6.92 Å². The first kappa shape index (κ1) is 15.3. The van der Waals surface area contributed by atoms with Crippen LogP contribution in [0.5, 0.6) is 0 Å². The summed E-state index contributed by atoms with van der Waals surface area (Å²) in [5, 5.41) is 12.6. The zero-order valence-corrected chi connectivity index (χ0v) is 12.2. The number of aryl methyl sites for hydroxylation is 1. The molecule has 2 rings (SSSR count). The van der Waals surface area contributed by atoms with Crippen molar-refractivity contribution in [3.63, 3.8) is 0 Å². The first-order chi connectivity index (χ1) is 9.58.